The molecule has 0 spiro atoms. The Morgan fingerprint density at radius 1 is 1.48 bits per heavy atom. The van der Waals surface area contributed by atoms with Crippen LogP contribution in [0.4, 0.5) is 5.82 Å². The number of hydrogen-bond acceptors (Lipinski definition) is 5. The van der Waals surface area contributed by atoms with Crippen LogP contribution in [0.3, 0.4) is 0 Å². The topological polar surface area (TPSA) is 98.2 Å². The van der Waals surface area contributed by atoms with E-state index in [0.29, 0.717) is 22.7 Å². The van der Waals surface area contributed by atoms with Crippen LogP contribution < -0.4 is 11.3 Å². The molecule has 6 heteroatoms. The predicted molar refractivity (Wildman–Crippen MR) is 90.8 cm³/mol. The molecule has 0 aromatic carbocycles. The van der Waals surface area contributed by atoms with Crippen molar-refractivity contribution in [1.82, 2.24) is 4.57 Å². The van der Waals surface area contributed by atoms with E-state index in [9.17, 15) is 9.59 Å². The van der Waals surface area contributed by atoms with Gasteiger partial charge in [0.2, 0.25) is 0 Å². The summed E-state index contributed by atoms with van der Waals surface area (Å²) in [5.74, 6) is -0.160. The number of nitrogens with zero attached hydrogens (tertiary/aromatic N) is 1. The number of carbonyl (C=O) groups excluding carboxylic acids is 1. The van der Waals surface area contributed by atoms with Crippen LogP contribution in [0.2, 0.25) is 0 Å². The van der Waals surface area contributed by atoms with Gasteiger partial charge in [0.05, 0.1) is 6.61 Å². The van der Waals surface area contributed by atoms with Crippen LogP contribution in [0.25, 0.3) is 6.08 Å². The largest absolute Gasteiger partial charge is 0.463 e. The zero-order chi connectivity index (χ0) is 17.0. The molecule has 0 saturated heterocycles. The standard InChI is InChI=1S/C17H23N3O3/c1-3-23-15(21)9-8-12-10-14(11(2)18)16(19)20(17(12)22)13-6-4-5-7-13/h8-10,13,18H,3-7,19H2,1-2H3/b9-8+,18-11?. The maximum Gasteiger partial charge on any atom is 0.330 e. The molecule has 3 N–H and O–H groups in total. The van der Waals surface area contributed by atoms with E-state index in [1.807, 2.05) is 0 Å². The number of aromatic nitrogens is 1. The number of nitrogen functional groups attached to an aromatic ring is 1. The molecule has 1 aromatic rings. The van der Waals surface area contributed by atoms with Crippen molar-refractivity contribution in [3.8, 4) is 0 Å². The Labute approximate surface area is 135 Å². The summed E-state index contributed by atoms with van der Waals surface area (Å²) in [4.78, 5) is 24.2. The number of hydrogen-bond donors (Lipinski definition) is 2. The third-order valence-corrected chi connectivity index (χ3v) is 4.08. The molecule has 0 unspecified atom stereocenters. The number of esters is 1. The number of nitrogens with one attached hydrogen (secondary N) is 1. The van der Waals surface area contributed by atoms with Crippen molar-refractivity contribution in [1.29, 1.82) is 5.41 Å². The van der Waals surface area contributed by atoms with Crippen LogP contribution in [-0.2, 0) is 9.53 Å². The van der Waals surface area contributed by atoms with Gasteiger partial charge in [-0.25, -0.2) is 4.79 Å². The minimum atomic E-state index is -0.496. The SMILES string of the molecule is CCOC(=O)/C=C/c1cc(C(C)=N)c(N)n(C2CCCC2)c1=O. The van der Waals surface area contributed by atoms with Crippen LogP contribution in [-0.4, -0.2) is 22.9 Å². The summed E-state index contributed by atoms with van der Waals surface area (Å²) in [5, 5.41) is 7.88. The van der Waals surface area contributed by atoms with Gasteiger partial charge < -0.3 is 15.9 Å². The Balaban J connectivity index is 2.52. The molecule has 0 bridgehead atoms. The Hall–Kier alpha value is -2.37. The highest BCUT2D eigenvalue weighted by atomic mass is 16.5. The zero-order valence-corrected chi connectivity index (χ0v) is 13.6. The molecule has 0 amide bonds. The molecule has 0 atom stereocenters. The van der Waals surface area contributed by atoms with Crippen molar-refractivity contribution in [2.24, 2.45) is 0 Å². The highest BCUT2D eigenvalue weighted by Crippen LogP contribution is 2.31. The molecule has 1 aliphatic carbocycles. The molecule has 6 nitrogen and oxygen atoms in total. The number of rotatable bonds is 5. The van der Waals surface area contributed by atoms with Gasteiger partial charge in [0.1, 0.15) is 5.82 Å². The van der Waals surface area contributed by atoms with Crippen molar-refractivity contribution in [2.75, 3.05) is 12.3 Å². The van der Waals surface area contributed by atoms with Crippen LogP contribution in [0.1, 0.15) is 56.7 Å². The Morgan fingerprint density at radius 3 is 2.70 bits per heavy atom. The third-order valence-electron chi connectivity index (χ3n) is 4.08. The summed E-state index contributed by atoms with van der Waals surface area (Å²) in [6, 6.07) is 1.64. The van der Waals surface area contributed by atoms with Gasteiger partial charge in [0.15, 0.2) is 0 Å². The number of pyridine rings is 1. The van der Waals surface area contributed by atoms with E-state index in [2.05, 4.69) is 0 Å². The number of anilines is 1. The van der Waals surface area contributed by atoms with Gasteiger partial charge in [0.25, 0.3) is 5.56 Å². The van der Waals surface area contributed by atoms with E-state index in [-0.39, 0.29) is 18.2 Å². The Morgan fingerprint density at radius 2 is 2.13 bits per heavy atom. The zero-order valence-electron chi connectivity index (χ0n) is 13.6. The summed E-state index contributed by atoms with van der Waals surface area (Å²) >= 11 is 0. The Bertz CT molecular complexity index is 698. The molecule has 23 heavy (non-hydrogen) atoms. The average Bonchev–Trinajstić information content (AvgIpc) is 3.00. The van der Waals surface area contributed by atoms with Gasteiger partial charge in [-0.1, -0.05) is 12.8 Å². The lowest BCUT2D eigenvalue weighted by Crippen LogP contribution is -2.29. The summed E-state index contributed by atoms with van der Waals surface area (Å²) in [6.07, 6.45) is 6.63. The first-order chi connectivity index (χ1) is 11.0. The minimum Gasteiger partial charge on any atom is -0.463 e. The molecule has 1 heterocycles. The average molecular weight is 317 g/mol. The van der Waals surface area contributed by atoms with Crippen molar-refractivity contribution < 1.29 is 9.53 Å². The van der Waals surface area contributed by atoms with Gasteiger partial charge in [-0.15, -0.1) is 0 Å². The van der Waals surface area contributed by atoms with Gasteiger partial charge in [0, 0.05) is 29.0 Å². The van der Waals surface area contributed by atoms with Crippen LogP contribution in [0.5, 0.6) is 0 Å². The highest BCUT2D eigenvalue weighted by molar-refractivity contribution is 6.01. The van der Waals surface area contributed by atoms with E-state index in [0.717, 1.165) is 25.7 Å². The smallest absolute Gasteiger partial charge is 0.330 e. The Kier molecular flexibility index (Phi) is 5.36. The molecule has 0 aliphatic heterocycles. The molecule has 1 aromatic heterocycles. The van der Waals surface area contributed by atoms with Crippen LogP contribution in [0.15, 0.2) is 16.9 Å². The number of carbonyl (C=O) groups is 1. The molecule has 0 radical (unpaired) electrons. The van der Waals surface area contributed by atoms with Gasteiger partial charge in [-0.3, -0.25) is 9.36 Å². The molecule has 1 aliphatic rings. The van der Waals surface area contributed by atoms with E-state index < -0.39 is 5.97 Å². The number of nitrogens with two attached hydrogens (primary N) is 1. The van der Waals surface area contributed by atoms with E-state index in [1.165, 1.54) is 12.2 Å². The van der Waals surface area contributed by atoms with Crippen LogP contribution in [0, 0.1) is 5.41 Å². The molecule has 1 saturated carbocycles. The summed E-state index contributed by atoms with van der Waals surface area (Å²) < 4.78 is 6.42. The van der Waals surface area contributed by atoms with Gasteiger partial charge >= 0.3 is 5.97 Å². The second kappa shape index (κ2) is 7.26. The summed E-state index contributed by atoms with van der Waals surface area (Å²) in [5.41, 5.74) is 7.09. The maximum atomic E-state index is 12.7. The first kappa shape index (κ1) is 17.0. The van der Waals surface area contributed by atoms with E-state index in [1.54, 1.807) is 24.5 Å². The third kappa shape index (κ3) is 3.70. The number of ether oxygens (including phenoxy) is 1. The lowest BCUT2D eigenvalue weighted by atomic mass is 10.1. The fourth-order valence-corrected chi connectivity index (χ4v) is 2.96. The molecule has 124 valence electrons. The quantitative estimate of drug-likeness (QED) is 0.495. The first-order valence-corrected chi connectivity index (χ1v) is 7.91. The van der Waals surface area contributed by atoms with Gasteiger partial charge in [-0.05, 0) is 38.8 Å². The van der Waals surface area contributed by atoms with Crippen molar-refractivity contribution in [3.05, 3.63) is 33.6 Å². The summed E-state index contributed by atoms with van der Waals surface area (Å²) in [7, 11) is 0. The lowest BCUT2D eigenvalue weighted by Gasteiger charge is -2.20. The van der Waals surface area contributed by atoms with Crippen molar-refractivity contribution in [2.45, 2.75) is 45.6 Å². The second-order valence-electron chi connectivity index (χ2n) is 5.72. The predicted octanol–water partition coefficient (Wildman–Crippen LogP) is 2.51. The molecular weight excluding hydrogens is 294 g/mol. The van der Waals surface area contributed by atoms with Crippen LogP contribution >= 0.6 is 0 Å². The normalized spacial score (nSPS) is 15.2. The second-order valence-corrected chi connectivity index (χ2v) is 5.72. The van der Waals surface area contributed by atoms with Crippen molar-refractivity contribution >= 4 is 23.6 Å². The minimum absolute atomic E-state index is 0.0662. The van der Waals surface area contributed by atoms with Crippen molar-refractivity contribution in [3.63, 3.8) is 0 Å². The maximum absolute atomic E-state index is 12.7. The van der Waals surface area contributed by atoms with Gasteiger partial charge in [-0.2, -0.15) is 0 Å². The fourth-order valence-electron chi connectivity index (χ4n) is 2.96. The molecule has 2 rings (SSSR count). The monoisotopic (exact) mass is 317 g/mol. The first-order valence-electron chi connectivity index (χ1n) is 7.91. The highest BCUT2D eigenvalue weighted by Gasteiger charge is 2.23. The van der Waals surface area contributed by atoms with E-state index >= 15 is 0 Å². The molecular formula is C17H23N3O3. The molecule has 1 fully saturated rings. The summed E-state index contributed by atoms with van der Waals surface area (Å²) in [6.45, 7) is 3.63. The van der Waals surface area contributed by atoms with E-state index in [4.69, 9.17) is 15.9 Å². The lowest BCUT2D eigenvalue weighted by molar-refractivity contribution is -0.137. The fraction of sp³-hybridized carbons (Fsp3) is 0.471.